The smallest absolute Gasteiger partial charge is 0.158 e. The Morgan fingerprint density at radius 2 is 1.84 bits per heavy atom. The van der Waals surface area contributed by atoms with Crippen LogP contribution in [0.5, 0.6) is 0 Å². The van der Waals surface area contributed by atoms with Gasteiger partial charge in [0.25, 0.3) is 0 Å². The molecule has 1 aliphatic carbocycles. The highest BCUT2D eigenvalue weighted by Crippen LogP contribution is 2.31. The van der Waals surface area contributed by atoms with Gasteiger partial charge >= 0.3 is 0 Å². The highest BCUT2D eigenvalue weighted by molar-refractivity contribution is 5.69. The van der Waals surface area contributed by atoms with E-state index in [0.29, 0.717) is 0 Å². The van der Waals surface area contributed by atoms with Crippen LogP contribution in [-0.2, 0) is 13.5 Å². The largest absolute Gasteiger partial charge is 0.343 e. The van der Waals surface area contributed by atoms with Crippen molar-refractivity contribution < 1.29 is 4.48 Å². The van der Waals surface area contributed by atoms with Crippen molar-refractivity contribution in [1.82, 2.24) is 9.78 Å². The van der Waals surface area contributed by atoms with Crippen LogP contribution < -0.4 is 4.90 Å². The fourth-order valence-electron chi connectivity index (χ4n) is 3.09. The van der Waals surface area contributed by atoms with Crippen molar-refractivity contribution in [1.29, 1.82) is 0 Å². The molecular weight excluding hydrogens is 236 g/mol. The summed E-state index contributed by atoms with van der Waals surface area (Å²) in [6, 6.07) is 0. The molecule has 0 spiro atoms. The lowest BCUT2D eigenvalue weighted by molar-refractivity contribution is -0.890. The quantitative estimate of drug-likeness (QED) is 0.717. The second-order valence-corrected chi connectivity index (χ2v) is 6.67. The summed E-state index contributed by atoms with van der Waals surface area (Å²) in [5, 5.41) is 4.79. The van der Waals surface area contributed by atoms with Gasteiger partial charge in [0.15, 0.2) is 5.82 Å². The summed E-state index contributed by atoms with van der Waals surface area (Å²) in [6.07, 6.45) is 4.65. The van der Waals surface area contributed by atoms with E-state index < -0.39 is 0 Å². The number of fused-ring (bicyclic) bond motifs is 1. The van der Waals surface area contributed by atoms with Crippen LogP contribution in [0, 0.1) is 0 Å². The van der Waals surface area contributed by atoms with E-state index >= 15 is 0 Å². The van der Waals surface area contributed by atoms with E-state index in [0.717, 1.165) is 24.0 Å². The van der Waals surface area contributed by atoms with Crippen LogP contribution in [0.2, 0.25) is 0 Å². The zero-order valence-corrected chi connectivity index (χ0v) is 12.6. The van der Waals surface area contributed by atoms with E-state index in [9.17, 15) is 0 Å². The molecule has 0 radical (unpaired) electrons. The van der Waals surface area contributed by atoms with Crippen molar-refractivity contribution in [3.63, 3.8) is 0 Å². The molecule has 19 heavy (non-hydrogen) atoms. The van der Waals surface area contributed by atoms with E-state index in [-0.39, 0.29) is 0 Å². The van der Waals surface area contributed by atoms with Gasteiger partial charge in [0.05, 0.1) is 40.3 Å². The molecule has 2 aliphatic rings. The molecule has 3 rings (SSSR count). The van der Waals surface area contributed by atoms with Crippen LogP contribution in [-0.4, -0.2) is 54.5 Å². The number of aryl methyl sites for hydroxylation is 1. The minimum absolute atomic E-state index is 1.11. The summed E-state index contributed by atoms with van der Waals surface area (Å²) >= 11 is 0. The van der Waals surface area contributed by atoms with E-state index in [4.69, 9.17) is 5.10 Å². The lowest BCUT2D eigenvalue weighted by Crippen LogP contribution is -2.55. The Labute approximate surface area is 115 Å². The monoisotopic (exact) mass is 261 g/mol. The number of hydrogen-bond donors (Lipinski definition) is 0. The van der Waals surface area contributed by atoms with Crippen molar-refractivity contribution in [2.45, 2.75) is 19.8 Å². The average Bonchev–Trinajstić information content (AvgIpc) is 2.66. The first-order valence-electron chi connectivity index (χ1n) is 7.26. The predicted octanol–water partition coefficient (Wildman–Crippen LogP) is 1.67. The van der Waals surface area contributed by atoms with E-state index in [1.165, 1.54) is 42.2 Å². The van der Waals surface area contributed by atoms with Crippen LogP contribution in [0.1, 0.15) is 24.6 Å². The maximum Gasteiger partial charge on any atom is 0.158 e. The first-order valence-corrected chi connectivity index (χ1v) is 7.26. The van der Waals surface area contributed by atoms with Gasteiger partial charge in [0.1, 0.15) is 0 Å². The normalized spacial score (nSPS) is 22.1. The van der Waals surface area contributed by atoms with Crippen LogP contribution in [0.25, 0.3) is 6.08 Å². The predicted molar refractivity (Wildman–Crippen MR) is 79.2 cm³/mol. The Morgan fingerprint density at radius 1 is 1.16 bits per heavy atom. The van der Waals surface area contributed by atoms with Crippen molar-refractivity contribution in [2.24, 2.45) is 7.05 Å². The zero-order valence-electron chi connectivity index (χ0n) is 12.6. The Morgan fingerprint density at radius 3 is 2.53 bits per heavy atom. The molecule has 1 fully saturated rings. The molecule has 1 aromatic heterocycles. The fourth-order valence-corrected chi connectivity index (χ4v) is 3.09. The van der Waals surface area contributed by atoms with Gasteiger partial charge in [-0.2, -0.15) is 5.10 Å². The maximum absolute atomic E-state index is 4.79. The molecule has 0 atom stereocenters. The van der Waals surface area contributed by atoms with Crippen LogP contribution >= 0.6 is 0 Å². The molecule has 0 aromatic carbocycles. The van der Waals surface area contributed by atoms with Gasteiger partial charge in [-0.1, -0.05) is 11.6 Å². The van der Waals surface area contributed by atoms with E-state index in [2.05, 4.69) is 43.7 Å². The number of nitrogens with zero attached hydrogens (tertiary/aromatic N) is 4. The first-order chi connectivity index (χ1) is 8.96. The number of hydrogen-bond acceptors (Lipinski definition) is 2. The maximum atomic E-state index is 4.79. The van der Waals surface area contributed by atoms with Crippen molar-refractivity contribution >= 4 is 11.9 Å². The van der Waals surface area contributed by atoms with Gasteiger partial charge in [-0.05, 0) is 19.8 Å². The molecule has 1 saturated heterocycles. The molecule has 0 bridgehead atoms. The lowest BCUT2D eigenvalue weighted by Gasteiger charge is -2.39. The molecule has 0 amide bonds. The van der Waals surface area contributed by atoms with Gasteiger partial charge in [-0.15, -0.1) is 0 Å². The summed E-state index contributed by atoms with van der Waals surface area (Å²) in [5.74, 6) is 1.20. The Hall–Kier alpha value is -1.29. The van der Waals surface area contributed by atoms with Gasteiger partial charge in [0.2, 0.25) is 0 Å². The topological polar surface area (TPSA) is 21.1 Å². The fraction of sp³-hybridized carbons (Fsp3) is 0.667. The average molecular weight is 261 g/mol. The number of aromatic nitrogens is 2. The summed E-state index contributed by atoms with van der Waals surface area (Å²) in [7, 11) is 6.71. The minimum Gasteiger partial charge on any atom is -0.343 e. The standard InChI is InChI=1S/C15H25N4/c1-12-5-6-14-13(11-12)15(16-17(14)2)18-7-9-19(3,4)10-8-18/h11H,5-10H2,1-4H3/q+1. The number of quaternary nitrogens is 1. The molecule has 0 unspecified atom stereocenters. The molecule has 4 nitrogen and oxygen atoms in total. The third-order valence-corrected chi connectivity index (χ3v) is 4.58. The van der Waals surface area contributed by atoms with E-state index in [1.807, 2.05) is 0 Å². The number of anilines is 1. The number of likely N-dealkylation sites (N-methyl/N-ethyl adjacent to an activating group) is 1. The van der Waals surface area contributed by atoms with Gasteiger partial charge in [0, 0.05) is 18.3 Å². The highest BCUT2D eigenvalue weighted by Gasteiger charge is 2.29. The molecule has 104 valence electrons. The lowest BCUT2D eigenvalue weighted by atomic mass is 9.98. The van der Waals surface area contributed by atoms with Gasteiger partial charge in [-0.3, -0.25) is 4.68 Å². The third kappa shape index (κ3) is 2.29. The summed E-state index contributed by atoms with van der Waals surface area (Å²) in [6.45, 7) is 6.87. The third-order valence-electron chi connectivity index (χ3n) is 4.58. The van der Waals surface area contributed by atoms with Gasteiger partial charge in [-0.25, -0.2) is 0 Å². The van der Waals surface area contributed by atoms with Gasteiger partial charge < -0.3 is 9.38 Å². The zero-order chi connectivity index (χ0) is 13.6. The molecule has 1 aliphatic heterocycles. The first kappa shape index (κ1) is 12.7. The molecule has 0 N–H and O–H groups in total. The molecule has 2 heterocycles. The van der Waals surface area contributed by atoms with Crippen LogP contribution in [0.15, 0.2) is 5.57 Å². The SMILES string of the molecule is CC1=Cc2c(N3CC[N+](C)(C)CC3)nn(C)c2CC1. The minimum atomic E-state index is 1.11. The second-order valence-electron chi connectivity index (χ2n) is 6.67. The van der Waals surface area contributed by atoms with Crippen LogP contribution in [0.4, 0.5) is 5.82 Å². The summed E-state index contributed by atoms with van der Waals surface area (Å²) in [5.41, 5.74) is 4.26. The molecule has 1 aromatic rings. The second kappa shape index (κ2) is 4.37. The Kier molecular flexibility index (Phi) is 2.93. The molecular formula is C15H25N4+. The number of rotatable bonds is 1. The summed E-state index contributed by atoms with van der Waals surface area (Å²) < 4.78 is 3.21. The summed E-state index contributed by atoms with van der Waals surface area (Å²) in [4.78, 5) is 2.47. The Balaban J connectivity index is 1.91. The number of allylic oxidation sites excluding steroid dienone is 1. The van der Waals surface area contributed by atoms with Crippen molar-refractivity contribution in [3.8, 4) is 0 Å². The van der Waals surface area contributed by atoms with Crippen molar-refractivity contribution in [2.75, 3.05) is 45.2 Å². The van der Waals surface area contributed by atoms with E-state index in [1.54, 1.807) is 0 Å². The number of piperazine rings is 1. The highest BCUT2D eigenvalue weighted by atomic mass is 15.4. The molecule has 0 saturated carbocycles. The van der Waals surface area contributed by atoms with Crippen molar-refractivity contribution in [3.05, 3.63) is 16.8 Å². The Bertz CT molecular complexity index is 514. The molecule has 4 heteroatoms. The van der Waals surface area contributed by atoms with Crippen LogP contribution in [0.3, 0.4) is 0 Å².